The summed E-state index contributed by atoms with van der Waals surface area (Å²) in [6.07, 6.45) is 1.77. The molecule has 1 aromatic heterocycles. The molecule has 0 unspecified atom stereocenters. The molecule has 0 bridgehead atoms. The lowest BCUT2D eigenvalue weighted by atomic mass is 9.95. The maximum Gasteiger partial charge on any atom is 0.255 e. The number of amides is 1. The fourth-order valence-corrected chi connectivity index (χ4v) is 3.96. The highest BCUT2D eigenvalue weighted by molar-refractivity contribution is 6.35. The molecule has 0 aliphatic carbocycles. The molecule has 2 aliphatic heterocycles. The van der Waals surface area contributed by atoms with E-state index in [1.54, 1.807) is 18.2 Å². The number of likely N-dealkylation sites (tertiary alicyclic amines) is 1. The van der Waals surface area contributed by atoms with Crippen molar-refractivity contribution in [3.05, 3.63) is 45.5 Å². The Bertz CT molecular complexity index is 798. The molecule has 3 heterocycles. The summed E-state index contributed by atoms with van der Waals surface area (Å²) >= 11 is 12.2. The van der Waals surface area contributed by atoms with Crippen LogP contribution in [-0.2, 0) is 13.1 Å². The standard InChI is InChI=1S/C17H19Cl2N5O/c18-12-1-2-14(19)13(9-12)17(25)23-6-3-11(4-7-23)16-22-21-15-10-20-5-8-24(15)16/h1-2,9,11,20H,3-8,10H2. The van der Waals surface area contributed by atoms with Gasteiger partial charge in [-0.2, -0.15) is 0 Å². The Morgan fingerprint density at radius 3 is 2.76 bits per heavy atom. The van der Waals surface area contributed by atoms with Crippen molar-refractivity contribution < 1.29 is 4.79 Å². The smallest absolute Gasteiger partial charge is 0.255 e. The van der Waals surface area contributed by atoms with Crippen LogP contribution in [-0.4, -0.2) is 45.2 Å². The van der Waals surface area contributed by atoms with E-state index < -0.39 is 0 Å². The zero-order valence-corrected chi connectivity index (χ0v) is 15.2. The third-order valence-electron chi connectivity index (χ3n) is 4.96. The number of carbonyl (C=O) groups excluding carboxylic acids is 1. The van der Waals surface area contributed by atoms with Gasteiger partial charge in [-0.05, 0) is 31.0 Å². The molecule has 4 rings (SSSR count). The highest BCUT2D eigenvalue weighted by atomic mass is 35.5. The molecule has 1 saturated heterocycles. The first-order valence-electron chi connectivity index (χ1n) is 8.50. The molecular weight excluding hydrogens is 361 g/mol. The molecule has 0 radical (unpaired) electrons. The minimum atomic E-state index is -0.0570. The minimum absolute atomic E-state index is 0.0570. The molecular formula is C17H19Cl2N5O. The summed E-state index contributed by atoms with van der Waals surface area (Å²) in [5.74, 6) is 2.35. The van der Waals surface area contributed by atoms with Crippen molar-refractivity contribution in [1.29, 1.82) is 0 Å². The second-order valence-corrected chi connectivity index (χ2v) is 7.34. The van der Waals surface area contributed by atoms with E-state index in [4.69, 9.17) is 23.2 Å². The summed E-state index contributed by atoms with van der Waals surface area (Å²) in [5, 5.41) is 13.0. The number of piperidine rings is 1. The number of nitrogens with zero attached hydrogens (tertiary/aromatic N) is 4. The van der Waals surface area contributed by atoms with Gasteiger partial charge in [0.15, 0.2) is 0 Å². The van der Waals surface area contributed by atoms with Gasteiger partial charge in [-0.25, -0.2) is 0 Å². The number of fused-ring (bicyclic) bond motifs is 1. The van der Waals surface area contributed by atoms with Crippen molar-refractivity contribution in [2.75, 3.05) is 19.6 Å². The van der Waals surface area contributed by atoms with E-state index in [0.29, 0.717) is 34.6 Å². The van der Waals surface area contributed by atoms with Gasteiger partial charge in [-0.3, -0.25) is 4.79 Å². The third kappa shape index (κ3) is 3.26. The van der Waals surface area contributed by atoms with E-state index in [0.717, 1.165) is 44.1 Å². The van der Waals surface area contributed by atoms with Crippen LogP contribution in [0.4, 0.5) is 0 Å². The number of hydrogen-bond donors (Lipinski definition) is 1. The summed E-state index contributed by atoms with van der Waals surface area (Å²) in [4.78, 5) is 14.6. The van der Waals surface area contributed by atoms with Gasteiger partial charge >= 0.3 is 0 Å². The Morgan fingerprint density at radius 2 is 1.96 bits per heavy atom. The predicted octanol–water partition coefficient (Wildman–Crippen LogP) is 2.71. The summed E-state index contributed by atoms with van der Waals surface area (Å²) in [6, 6.07) is 5.00. The fraction of sp³-hybridized carbons (Fsp3) is 0.471. The zero-order chi connectivity index (χ0) is 17.4. The number of nitrogens with one attached hydrogen (secondary N) is 1. The number of aromatic nitrogens is 3. The van der Waals surface area contributed by atoms with E-state index in [1.807, 2.05) is 4.90 Å². The van der Waals surface area contributed by atoms with Crippen LogP contribution in [0.5, 0.6) is 0 Å². The number of rotatable bonds is 2. The van der Waals surface area contributed by atoms with Crippen LogP contribution < -0.4 is 5.32 Å². The molecule has 1 N–H and O–H groups in total. The van der Waals surface area contributed by atoms with E-state index >= 15 is 0 Å². The molecule has 2 aliphatic rings. The second kappa shape index (κ2) is 6.94. The van der Waals surface area contributed by atoms with Crippen LogP contribution in [0.15, 0.2) is 18.2 Å². The van der Waals surface area contributed by atoms with Crippen molar-refractivity contribution in [2.24, 2.45) is 0 Å². The lowest BCUT2D eigenvalue weighted by Crippen LogP contribution is -2.39. The molecule has 0 atom stereocenters. The van der Waals surface area contributed by atoms with E-state index in [-0.39, 0.29) is 5.91 Å². The molecule has 132 valence electrons. The zero-order valence-electron chi connectivity index (χ0n) is 13.7. The van der Waals surface area contributed by atoms with Crippen LogP contribution in [0.25, 0.3) is 0 Å². The molecule has 25 heavy (non-hydrogen) atoms. The highest BCUT2D eigenvalue weighted by Crippen LogP contribution is 2.30. The summed E-state index contributed by atoms with van der Waals surface area (Å²) in [7, 11) is 0. The molecule has 1 fully saturated rings. The monoisotopic (exact) mass is 379 g/mol. The van der Waals surface area contributed by atoms with Gasteiger partial charge in [-0.15, -0.1) is 10.2 Å². The van der Waals surface area contributed by atoms with E-state index in [1.165, 1.54) is 0 Å². The van der Waals surface area contributed by atoms with Crippen LogP contribution in [0.3, 0.4) is 0 Å². The first-order valence-corrected chi connectivity index (χ1v) is 9.26. The van der Waals surface area contributed by atoms with Crippen molar-refractivity contribution in [2.45, 2.75) is 31.8 Å². The maximum atomic E-state index is 12.7. The third-order valence-corrected chi connectivity index (χ3v) is 5.52. The molecule has 2 aromatic rings. The molecule has 1 aromatic carbocycles. The Kier molecular flexibility index (Phi) is 4.67. The summed E-state index contributed by atoms with van der Waals surface area (Å²) < 4.78 is 2.23. The van der Waals surface area contributed by atoms with Crippen LogP contribution in [0, 0.1) is 0 Å². The summed E-state index contributed by atoms with van der Waals surface area (Å²) in [5.41, 5.74) is 0.471. The van der Waals surface area contributed by atoms with Crippen molar-refractivity contribution in [1.82, 2.24) is 25.0 Å². The lowest BCUT2D eigenvalue weighted by Gasteiger charge is -2.32. The quantitative estimate of drug-likeness (QED) is 0.870. The van der Waals surface area contributed by atoms with E-state index in [2.05, 4.69) is 20.1 Å². The van der Waals surface area contributed by atoms with Gasteiger partial charge in [0.1, 0.15) is 11.6 Å². The first kappa shape index (κ1) is 16.8. The van der Waals surface area contributed by atoms with Crippen LogP contribution >= 0.6 is 23.2 Å². The van der Waals surface area contributed by atoms with Crippen molar-refractivity contribution in [3.8, 4) is 0 Å². The van der Waals surface area contributed by atoms with Gasteiger partial charge in [0, 0.05) is 37.1 Å². The Morgan fingerprint density at radius 1 is 1.16 bits per heavy atom. The largest absolute Gasteiger partial charge is 0.339 e. The van der Waals surface area contributed by atoms with Crippen LogP contribution in [0.1, 0.15) is 40.8 Å². The average molecular weight is 380 g/mol. The fourth-order valence-electron chi connectivity index (χ4n) is 3.59. The van der Waals surface area contributed by atoms with Gasteiger partial charge in [0.2, 0.25) is 0 Å². The lowest BCUT2D eigenvalue weighted by molar-refractivity contribution is 0.0710. The number of hydrogen-bond acceptors (Lipinski definition) is 4. The maximum absolute atomic E-state index is 12.7. The number of benzene rings is 1. The molecule has 0 saturated carbocycles. The molecule has 0 spiro atoms. The van der Waals surface area contributed by atoms with Crippen molar-refractivity contribution >= 4 is 29.1 Å². The Hall–Kier alpha value is -1.63. The number of halogens is 2. The topological polar surface area (TPSA) is 63.1 Å². The van der Waals surface area contributed by atoms with E-state index in [9.17, 15) is 4.79 Å². The normalized spacial score (nSPS) is 18.2. The Labute approximate surface area is 156 Å². The molecule has 1 amide bonds. The van der Waals surface area contributed by atoms with Gasteiger partial charge in [-0.1, -0.05) is 23.2 Å². The molecule has 8 heteroatoms. The SMILES string of the molecule is O=C(c1cc(Cl)ccc1Cl)N1CCC(c2nnc3n2CCNC3)CC1. The Balaban J connectivity index is 1.45. The minimum Gasteiger partial charge on any atom is -0.339 e. The first-order chi connectivity index (χ1) is 12.1. The predicted molar refractivity (Wildman–Crippen MR) is 96.1 cm³/mol. The highest BCUT2D eigenvalue weighted by Gasteiger charge is 2.29. The summed E-state index contributed by atoms with van der Waals surface area (Å²) in [6.45, 7) is 4.01. The van der Waals surface area contributed by atoms with Gasteiger partial charge in [0.25, 0.3) is 5.91 Å². The average Bonchev–Trinajstić information content (AvgIpc) is 3.07. The second-order valence-electron chi connectivity index (χ2n) is 6.49. The molecule has 6 nitrogen and oxygen atoms in total. The van der Waals surface area contributed by atoms with Gasteiger partial charge in [0.05, 0.1) is 17.1 Å². The van der Waals surface area contributed by atoms with Crippen LogP contribution in [0.2, 0.25) is 10.0 Å². The number of carbonyl (C=O) groups is 1. The van der Waals surface area contributed by atoms with Gasteiger partial charge < -0.3 is 14.8 Å². The van der Waals surface area contributed by atoms with Crippen molar-refractivity contribution in [3.63, 3.8) is 0 Å².